The fourth-order valence-electron chi connectivity index (χ4n) is 3.23. The molecule has 2 heterocycles. The highest BCUT2D eigenvalue weighted by atomic mass is 32.1. The van der Waals surface area contributed by atoms with E-state index < -0.39 is 0 Å². The third-order valence-corrected chi connectivity index (χ3v) is 5.64. The smallest absolute Gasteiger partial charge is 0.257 e. The second-order valence-electron chi connectivity index (χ2n) is 6.74. The topological polar surface area (TPSA) is 72.9 Å². The van der Waals surface area contributed by atoms with Gasteiger partial charge < -0.3 is 19.1 Å². The average Bonchev–Trinajstić information content (AvgIpc) is 3.28. The summed E-state index contributed by atoms with van der Waals surface area (Å²) in [6, 6.07) is 13.2. The van der Waals surface area contributed by atoms with Gasteiger partial charge in [0.2, 0.25) is 0 Å². The van der Waals surface area contributed by atoms with Crippen LogP contribution in [0.2, 0.25) is 0 Å². The number of rotatable bonds is 6. The predicted molar refractivity (Wildman–Crippen MR) is 118 cm³/mol. The molecule has 30 heavy (non-hydrogen) atoms. The van der Waals surface area contributed by atoms with Crippen LogP contribution in [0.3, 0.4) is 0 Å². The summed E-state index contributed by atoms with van der Waals surface area (Å²) in [7, 11) is 3.21. The molecular weight excluding hydrogens is 402 g/mol. The number of thiazole rings is 1. The van der Waals surface area contributed by atoms with E-state index in [-0.39, 0.29) is 5.91 Å². The molecule has 156 valence electrons. The molecule has 0 spiro atoms. The van der Waals surface area contributed by atoms with Gasteiger partial charge in [-0.15, -0.1) is 11.3 Å². The van der Waals surface area contributed by atoms with E-state index in [0.717, 1.165) is 43.2 Å². The molecular formula is C22H23N3O4S. The van der Waals surface area contributed by atoms with E-state index in [4.69, 9.17) is 14.2 Å². The number of benzene rings is 2. The van der Waals surface area contributed by atoms with Gasteiger partial charge in [0.25, 0.3) is 5.91 Å². The second kappa shape index (κ2) is 9.15. The summed E-state index contributed by atoms with van der Waals surface area (Å²) < 4.78 is 16.0. The fourth-order valence-corrected chi connectivity index (χ4v) is 3.95. The van der Waals surface area contributed by atoms with Crippen LogP contribution in [0, 0.1) is 0 Å². The number of nitrogens with one attached hydrogen (secondary N) is 1. The highest BCUT2D eigenvalue weighted by Crippen LogP contribution is 2.31. The van der Waals surface area contributed by atoms with E-state index >= 15 is 0 Å². The van der Waals surface area contributed by atoms with Crippen LogP contribution in [-0.2, 0) is 4.74 Å². The first kappa shape index (κ1) is 20.2. The first-order valence-electron chi connectivity index (χ1n) is 9.59. The van der Waals surface area contributed by atoms with Gasteiger partial charge in [-0.25, -0.2) is 4.98 Å². The van der Waals surface area contributed by atoms with Gasteiger partial charge in [-0.1, -0.05) is 0 Å². The number of carbonyl (C=O) groups excluding carboxylic acids is 1. The normalized spacial score (nSPS) is 13.7. The van der Waals surface area contributed by atoms with Crippen LogP contribution in [0.5, 0.6) is 11.5 Å². The summed E-state index contributed by atoms with van der Waals surface area (Å²) in [5.41, 5.74) is 3.29. The summed E-state index contributed by atoms with van der Waals surface area (Å²) in [4.78, 5) is 19.4. The van der Waals surface area contributed by atoms with E-state index in [0.29, 0.717) is 22.2 Å². The quantitative estimate of drug-likeness (QED) is 0.645. The summed E-state index contributed by atoms with van der Waals surface area (Å²) in [6.45, 7) is 3.19. The first-order chi connectivity index (χ1) is 14.7. The van der Waals surface area contributed by atoms with Crippen LogP contribution in [0.4, 0.5) is 10.8 Å². The van der Waals surface area contributed by atoms with Crippen LogP contribution in [0.15, 0.2) is 47.8 Å². The molecule has 1 amide bonds. The van der Waals surface area contributed by atoms with Crippen LogP contribution < -0.4 is 19.7 Å². The van der Waals surface area contributed by atoms with Crippen molar-refractivity contribution >= 4 is 28.1 Å². The average molecular weight is 426 g/mol. The van der Waals surface area contributed by atoms with Gasteiger partial charge in [-0.2, -0.15) is 0 Å². The number of carbonyl (C=O) groups is 1. The van der Waals surface area contributed by atoms with E-state index in [9.17, 15) is 4.79 Å². The van der Waals surface area contributed by atoms with Crippen molar-refractivity contribution in [2.75, 3.05) is 50.7 Å². The van der Waals surface area contributed by atoms with Crippen molar-refractivity contribution in [2.45, 2.75) is 0 Å². The molecule has 7 nitrogen and oxygen atoms in total. The van der Waals surface area contributed by atoms with Crippen LogP contribution in [0.25, 0.3) is 11.3 Å². The Balaban J connectivity index is 1.45. The number of morpholine rings is 1. The molecule has 1 saturated heterocycles. The minimum atomic E-state index is -0.187. The second-order valence-corrected chi connectivity index (χ2v) is 7.60. The minimum absolute atomic E-state index is 0.187. The Bertz CT molecular complexity index is 991. The van der Waals surface area contributed by atoms with Crippen LogP contribution in [-0.4, -0.2) is 51.4 Å². The molecule has 0 unspecified atom stereocenters. The van der Waals surface area contributed by atoms with Crippen molar-refractivity contribution in [3.05, 3.63) is 53.4 Å². The van der Waals surface area contributed by atoms with Crippen molar-refractivity contribution < 1.29 is 19.0 Å². The molecule has 0 bridgehead atoms. The maximum atomic E-state index is 12.6. The van der Waals surface area contributed by atoms with Crippen molar-refractivity contribution in [1.82, 2.24) is 4.98 Å². The Morgan fingerprint density at radius 1 is 1.07 bits per heavy atom. The molecule has 1 fully saturated rings. The Morgan fingerprint density at radius 2 is 1.73 bits per heavy atom. The van der Waals surface area contributed by atoms with Gasteiger partial charge in [0.05, 0.1) is 33.1 Å². The molecule has 0 saturated carbocycles. The number of anilines is 2. The standard InChI is InChI=1S/C22H23N3O4S/c1-27-18-11-16(12-19(13-18)28-2)20-14-30-22(23-20)24-21(26)15-3-5-17(6-4-15)25-7-9-29-10-8-25/h3-6,11-14H,7-10H2,1-2H3,(H,23,24,26). The third-order valence-electron chi connectivity index (χ3n) is 4.88. The molecule has 1 aromatic heterocycles. The molecule has 1 aliphatic rings. The highest BCUT2D eigenvalue weighted by molar-refractivity contribution is 7.14. The molecule has 1 N–H and O–H groups in total. The Labute approximate surface area is 179 Å². The van der Waals surface area contributed by atoms with Gasteiger partial charge in [0.15, 0.2) is 5.13 Å². The molecule has 4 rings (SSSR count). The Hall–Kier alpha value is -3.10. The van der Waals surface area contributed by atoms with Crippen LogP contribution in [0.1, 0.15) is 10.4 Å². The number of nitrogens with zero attached hydrogens (tertiary/aromatic N) is 2. The van der Waals surface area contributed by atoms with Gasteiger partial charge >= 0.3 is 0 Å². The van der Waals surface area contributed by atoms with E-state index in [1.807, 2.05) is 41.8 Å². The molecule has 0 atom stereocenters. The van der Waals surface area contributed by atoms with Crippen molar-refractivity contribution in [3.8, 4) is 22.8 Å². The van der Waals surface area contributed by atoms with Crippen LogP contribution >= 0.6 is 11.3 Å². The molecule has 8 heteroatoms. The van der Waals surface area contributed by atoms with Crippen molar-refractivity contribution in [2.24, 2.45) is 0 Å². The number of hydrogen-bond acceptors (Lipinski definition) is 7. The summed E-state index contributed by atoms with van der Waals surface area (Å²) in [6.07, 6.45) is 0. The zero-order valence-electron chi connectivity index (χ0n) is 16.9. The zero-order valence-corrected chi connectivity index (χ0v) is 17.7. The summed E-state index contributed by atoms with van der Waals surface area (Å²) in [5.74, 6) is 1.18. The lowest BCUT2D eigenvalue weighted by Crippen LogP contribution is -2.36. The van der Waals surface area contributed by atoms with Gasteiger partial charge in [0, 0.05) is 41.4 Å². The SMILES string of the molecule is COc1cc(OC)cc(-c2csc(NC(=O)c3ccc(N4CCOCC4)cc3)n2)c1. The monoisotopic (exact) mass is 425 g/mol. The number of methoxy groups -OCH3 is 2. The zero-order chi connectivity index (χ0) is 20.9. The van der Waals surface area contributed by atoms with Gasteiger partial charge in [0.1, 0.15) is 11.5 Å². The number of aromatic nitrogens is 1. The highest BCUT2D eigenvalue weighted by Gasteiger charge is 2.14. The maximum Gasteiger partial charge on any atom is 0.257 e. The molecule has 1 aliphatic heterocycles. The third kappa shape index (κ3) is 4.55. The fraction of sp³-hybridized carbons (Fsp3) is 0.273. The number of ether oxygens (including phenoxy) is 3. The lowest BCUT2D eigenvalue weighted by molar-refractivity contribution is 0.102. The summed E-state index contributed by atoms with van der Waals surface area (Å²) in [5, 5.41) is 5.31. The molecule has 0 aliphatic carbocycles. The predicted octanol–water partition coefficient (Wildman–Crippen LogP) is 3.92. The van der Waals surface area contributed by atoms with Crippen molar-refractivity contribution in [3.63, 3.8) is 0 Å². The number of hydrogen-bond donors (Lipinski definition) is 1. The van der Waals surface area contributed by atoms with E-state index in [2.05, 4.69) is 15.2 Å². The largest absolute Gasteiger partial charge is 0.497 e. The molecule has 2 aromatic carbocycles. The number of amides is 1. The summed E-state index contributed by atoms with van der Waals surface area (Å²) >= 11 is 1.37. The van der Waals surface area contributed by atoms with Crippen molar-refractivity contribution in [1.29, 1.82) is 0 Å². The van der Waals surface area contributed by atoms with E-state index in [1.165, 1.54) is 11.3 Å². The van der Waals surface area contributed by atoms with Gasteiger partial charge in [-0.05, 0) is 36.4 Å². The first-order valence-corrected chi connectivity index (χ1v) is 10.5. The minimum Gasteiger partial charge on any atom is -0.497 e. The van der Waals surface area contributed by atoms with Gasteiger partial charge in [-0.3, -0.25) is 10.1 Å². The molecule has 3 aromatic rings. The molecule has 0 radical (unpaired) electrons. The maximum absolute atomic E-state index is 12.6. The lowest BCUT2D eigenvalue weighted by Gasteiger charge is -2.28. The lowest BCUT2D eigenvalue weighted by atomic mass is 10.1. The Kier molecular flexibility index (Phi) is 6.15. The van der Waals surface area contributed by atoms with E-state index in [1.54, 1.807) is 20.3 Å². The Morgan fingerprint density at radius 3 is 2.37 bits per heavy atom.